The Balaban J connectivity index is 2.31. The van der Waals surface area contributed by atoms with Gasteiger partial charge in [0.15, 0.2) is 0 Å². The summed E-state index contributed by atoms with van der Waals surface area (Å²) in [5.41, 5.74) is 0.664. The first kappa shape index (κ1) is 22.2. The zero-order chi connectivity index (χ0) is 20.7. The third kappa shape index (κ3) is 5.25. The number of amides is 1. The van der Waals surface area contributed by atoms with E-state index in [1.54, 1.807) is 44.2 Å². The third-order valence-corrected chi connectivity index (χ3v) is 6.37. The summed E-state index contributed by atoms with van der Waals surface area (Å²) in [5, 5.41) is 3.21. The number of anilines is 1. The molecule has 28 heavy (non-hydrogen) atoms. The van der Waals surface area contributed by atoms with E-state index in [2.05, 4.69) is 5.32 Å². The Kier molecular flexibility index (Phi) is 7.86. The van der Waals surface area contributed by atoms with Crippen molar-refractivity contribution >= 4 is 33.2 Å². The van der Waals surface area contributed by atoms with Crippen LogP contribution in [0.15, 0.2) is 47.4 Å². The molecule has 0 saturated heterocycles. The van der Waals surface area contributed by atoms with Crippen LogP contribution in [0.4, 0.5) is 5.69 Å². The van der Waals surface area contributed by atoms with E-state index in [0.29, 0.717) is 36.2 Å². The van der Waals surface area contributed by atoms with Crippen molar-refractivity contribution in [3.05, 3.63) is 53.1 Å². The van der Waals surface area contributed by atoms with Crippen molar-refractivity contribution in [3.63, 3.8) is 0 Å². The van der Waals surface area contributed by atoms with Gasteiger partial charge in [0, 0.05) is 23.7 Å². The molecule has 0 aliphatic heterocycles. The number of nitrogens with one attached hydrogen (secondary N) is 1. The average Bonchev–Trinajstić information content (AvgIpc) is 2.68. The van der Waals surface area contributed by atoms with Crippen molar-refractivity contribution in [2.45, 2.75) is 32.1 Å². The number of rotatable bonds is 9. The number of hydrogen-bond acceptors (Lipinski definition) is 4. The summed E-state index contributed by atoms with van der Waals surface area (Å²) in [6.45, 7) is 6.74. The molecule has 0 heterocycles. The highest BCUT2D eigenvalue weighted by Crippen LogP contribution is 2.29. The number of halogens is 1. The molecule has 0 aliphatic rings. The zero-order valence-electron chi connectivity index (χ0n) is 16.2. The maximum Gasteiger partial charge on any atom is 0.255 e. The van der Waals surface area contributed by atoms with Crippen molar-refractivity contribution in [1.29, 1.82) is 0 Å². The van der Waals surface area contributed by atoms with Crippen molar-refractivity contribution < 1.29 is 17.9 Å². The fraction of sp³-hybridized carbons (Fsp3) is 0.350. The molecule has 152 valence electrons. The van der Waals surface area contributed by atoms with E-state index in [4.69, 9.17) is 16.3 Å². The normalized spacial score (nSPS) is 11.5. The van der Waals surface area contributed by atoms with E-state index < -0.39 is 15.9 Å². The summed E-state index contributed by atoms with van der Waals surface area (Å²) in [7, 11) is -3.65. The molecule has 2 aromatic carbocycles. The first-order chi connectivity index (χ1) is 13.3. The molecule has 0 aromatic heterocycles. The molecule has 0 fully saturated rings. The molecule has 0 unspecified atom stereocenters. The SMILES string of the molecule is CCCOc1ccc(Cl)cc1NC(=O)c1cccc(S(=O)(=O)N(CC)CC)c1. The molecule has 2 rings (SSSR count). The van der Waals surface area contributed by atoms with Gasteiger partial charge in [0.05, 0.1) is 17.2 Å². The molecule has 1 N–H and O–H groups in total. The minimum absolute atomic E-state index is 0.0809. The Morgan fingerprint density at radius 3 is 2.46 bits per heavy atom. The monoisotopic (exact) mass is 424 g/mol. The average molecular weight is 425 g/mol. The van der Waals surface area contributed by atoms with Gasteiger partial charge in [-0.15, -0.1) is 0 Å². The van der Waals surface area contributed by atoms with Crippen molar-refractivity contribution in [3.8, 4) is 5.75 Å². The Labute approximate surface area is 171 Å². The number of carbonyl (C=O) groups is 1. The highest BCUT2D eigenvalue weighted by atomic mass is 35.5. The van der Waals surface area contributed by atoms with Crippen LogP contribution in [0, 0.1) is 0 Å². The lowest BCUT2D eigenvalue weighted by Crippen LogP contribution is -2.30. The van der Waals surface area contributed by atoms with E-state index in [9.17, 15) is 13.2 Å². The Morgan fingerprint density at radius 1 is 1.11 bits per heavy atom. The van der Waals surface area contributed by atoms with Crippen molar-refractivity contribution in [2.75, 3.05) is 25.0 Å². The van der Waals surface area contributed by atoms with Gasteiger partial charge in [-0.25, -0.2) is 8.42 Å². The number of sulfonamides is 1. The van der Waals surface area contributed by atoms with Crippen LogP contribution in [0.1, 0.15) is 37.6 Å². The van der Waals surface area contributed by atoms with Crippen LogP contribution in [0.5, 0.6) is 5.75 Å². The summed E-state index contributed by atoms with van der Waals surface area (Å²) in [6.07, 6.45) is 0.821. The minimum atomic E-state index is -3.65. The highest BCUT2D eigenvalue weighted by Gasteiger charge is 2.22. The molecule has 0 aliphatic carbocycles. The van der Waals surface area contributed by atoms with Crippen LogP contribution in [0.2, 0.25) is 5.02 Å². The quantitative estimate of drug-likeness (QED) is 0.646. The Hall–Kier alpha value is -2.09. The minimum Gasteiger partial charge on any atom is -0.491 e. The van der Waals surface area contributed by atoms with Crippen LogP contribution < -0.4 is 10.1 Å². The van der Waals surface area contributed by atoms with Crippen molar-refractivity contribution in [2.24, 2.45) is 0 Å². The van der Waals surface area contributed by atoms with Crippen LogP contribution in [0.3, 0.4) is 0 Å². The standard InChI is InChI=1S/C20H25ClN2O4S/c1-4-12-27-19-11-10-16(21)14-18(19)22-20(24)15-8-7-9-17(13-15)28(25,26)23(5-2)6-3/h7-11,13-14H,4-6,12H2,1-3H3,(H,22,24). The van der Waals surface area contributed by atoms with E-state index in [0.717, 1.165) is 6.42 Å². The Morgan fingerprint density at radius 2 is 1.82 bits per heavy atom. The topological polar surface area (TPSA) is 75.7 Å². The second-order valence-corrected chi connectivity index (χ2v) is 8.43. The van der Waals surface area contributed by atoms with Gasteiger partial charge in [-0.05, 0) is 42.8 Å². The molecule has 0 atom stereocenters. The van der Waals surface area contributed by atoms with E-state index in [1.807, 2.05) is 6.92 Å². The first-order valence-corrected chi connectivity index (χ1v) is 11.0. The summed E-state index contributed by atoms with van der Waals surface area (Å²) in [4.78, 5) is 12.8. The van der Waals surface area contributed by atoms with E-state index >= 15 is 0 Å². The predicted octanol–water partition coefficient (Wildman–Crippen LogP) is 4.41. The molecular formula is C20H25ClN2O4S. The van der Waals surface area contributed by atoms with Crippen LogP contribution >= 0.6 is 11.6 Å². The lowest BCUT2D eigenvalue weighted by Gasteiger charge is -2.18. The van der Waals surface area contributed by atoms with Gasteiger partial charge in [0.1, 0.15) is 5.75 Å². The summed E-state index contributed by atoms with van der Waals surface area (Å²) in [5.74, 6) is 0.0618. The first-order valence-electron chi connectivity index (χ1n) is 9.17. The van der Waals surface area contributed by atoms with Gasteiger partial charge in [-0.2, -0.15) is 4.31 Å². The van der Waals surface area contributed by atoms with Gasteiger partial charge < -0.3 is 10.1 Å². The largest absolute Gasteiger partial charge is 0.491 e. The lowest BCUT2D eigenvalue weighted by atomic mass is 10.2. The fourth-order valence-electron chi connectivity index (χ4n) is 2.64. The number of benzene rings is 2. The molecule has 0 saturated carbocycles. The van der Waals surface area contributed by atoms with E-state index in [1.165, 1.54) is 16.4 Å². The maximum atomic E-state index is 12.7. The van der Waals surface area contributed by atoms with Crippen LogP contribution in [-0.2, 0) is 10.0 Å². The molecule has 8 heteroatoms. The number of hydrogen-bond donors (Lipinski definition) is 1. The van der Waals surface area contributed by atoms with Gasteiger partial charge in [-0.1, -0.05) is 38.4 Å². The molecule has 1 amide bonds. The van der Waals surface area contributed by atoms with Crippen LogP contribution in [-0.4, -0.2) is 38.3 Å². The maximum absolute atomic E-state index is 12.7. The highest BCUT2D eigenvalue weighted by molar-refractivity contribution is 7.89. The van der Waals surface area contributed by atoms with Gasteiger partial charge in [0.25, 0.3) is 5.91 Å². The summed E-state index contributed by atoms with van der Waals surface area (Å²) in [6, 6.07) is 10.9. The summed E-state index contributed by atoms with van der Waals surface area (Å²) >= 11 is 6.04. The third-order valence-electron chi connectivity index (χ3n) is 4.09. The number of ether oxygens (including phenoxy) is 1. The molecule has 6 nitrogen and oxygen atoms in total. The van der Waals surface area contributed by atoms with E-state index in [-0.39, 0.29) is 10.5 Å². The predicted molar refractivity (Wildman–Crippen MR) is 112 cm³/mol. The molecule has 2 aromatic rings. The second kappa shape index (κ2) is 9.91. The van der Waals surface area contributed by atoms with Gasteiger partial charge in [0.2, 0.25) is 10.0 Å². The number of nitrogens with zero attached hydrogens (tertiary/aromatic N) is 1. The number of carbonyl (C=O) groups excluding carboxylic acids is 1. The molecular weight excluding hydrogens is 400 g/mol. The van der Waals surface area contributed by atoms with Crippen LogP contribution in [0.25, 0.3) is 0 Å². The smallest absolute Gasteiger partial charge is 0.255 e. The molecule has 0 radical (unpaired) electrons. The zero-order valence-corrected chi connectivity index (χ0v) is 17.8. The fourth-order valence-corrected chi connectivity index (χ4v) is 4.32. The van der Waals surface area contributed by atoms with Gasteiger partial charge in [-0.3, -0.25) is 4.79 Å². The molecule has 0 spiro atoms. The summed E-state index contributed by atoms with van der Waals surface area (Å²) < 4.78 is 32.4. The second-order valence-electron chi connectivity index (χ2n) is 6.06. The molecule has 0 bridgehead atoms. The Bertz CT molecular complexity index is 928. The van der Waals surface area contributed by atoms with Gasteiger partial charge >= 0.3 is 0 Å². The van der Waals surface area contributed by atoms with Crippen molar-refractivity contribution in [1.82, 2.24) is 4.31 Å². The lowest BCUT2D eigenvalue weighted by molar-refractivity contribution is 0.102.